The second kappa shape index (κ2) is 15.1. The number of piperazine rings is 1. The predicted octanol–water partition coefficient (Wildman–Crippen LogP) is 6.19. The number of aromatic amines is 1. The molecule has 3 fully saturated rings. The first-order valence-electron chi connectivity index (χ1n) is 20.8. The fraction of sp³-hybridized carbons (Fsp3) is 0.370. The molecule has 5 aliphatic rings. The molecule has 1 aliphatic carbocycles. The van der Waals surface area contributed by atoms with Gasteiger partial charge in [0.15, 0.2) is 0 Å². The molecule has 296 valence electrons. The minimum atomic E-state index is -0.598. The van der Waals surface area contributed by atoms with E-state index in [4.69, 9.17) is 4.98 Å². The van der Waals surface area contributed by atoms with Crippen LogP contribution in [-0.2, 0) is 22.6 Å². The number of rotatable bonds is 7. The summed E-state index contributed by atoms with van der Waals surface area (Å²) >= 11 is 0. The molecular weight excluding hydrogens is 732 g/mol. The smallest absolute Gasteiger partial charge is 0.255 e. The maximum absolute atomic E-state index is 15.0. The van der Waals surface area contributed by atoms with Crippen LogP contribution in [0.3, 0.4) is 0 Å². The van der Waals surface area contributed by atoms with Gasteiger partial charge in [-0.15, -0.1) is 5.10 Å². The van der Waals surface area contributed by atoms with Gasteiger partial charge in [0.2, 0.25) is 17.8 Å². The van der Waals surface area contributed by atoms with Crippen LogP contribution in [0.4, 0.5) is 15.8 Å². The highest BCUT2D eigenvalue weighted by atomic mass is 19.1. The van der Waals surface area contributed by atoms with Crippen molar-refractivity contribution < 1.29 is 18.8 Å². The Morgan fingerprint density at radius 2 is 1.55 bits per heavy atom. The van der Waals surface area contributed by atoms with Crippen LogP contribution in [0, 0.1) is 11.9 Å². The van der Waals surface area contributed by atoms with Crippen molar-refractivity contribution in [3.05, 3.63) is 118 Å². The molecule has 3 amide bonds. The van der Waals surface area contributed by atoms with E-state index < -0.39 is 12.0 Å². The van der Waals surface area contributed by atoms with Gasteiger partial charge in [-0.1, -0.05) is 36.4 Å². The first kappa shape index (κ1) is 36.5. The lowest BCUT2D eigenvalue weighted by molar-refractivity contribution is -0.136. The number of nitrogens with one attached hydrogen (secondary N) is 2. The monoisotopic (exact) mass is 778 g/mol. The number of hydrogen-bond donors (Lipinski definition) is 2. The third kappa shape index (κ3) is 6.72. The van der Waals surface area contributed by atoms with E-state index in [1.807, 2.05) is 30.5 Å². The van der Waals surface area contributed by atoms with E-state index >= 15 is 4.39 Å². The molecule has 0 saturated carbocycles. The van der Waals surface area contributed by atoms with Gasteiger partial charge in [0, 0.05) is 75.6 Å². The number of imide groups is 1. The number of aromatic nitrogens is 3. The quantitative estimate of drug-likeness (QED) is 0.188. The van der Waals surface area contributed by atoms with E-state index in [0.717, 1.165) is 123 Å². The summed E-state index contributed by atoms with van der Waals surface area (Å²) in [4.78, 5) is 51.5. The summed E-state index contributed by atoms with van der Waals surface area (Å²) in [7, 11) is 0. The molecule has 12 heteroatoms. The van der Waals surface area contributed by atoms with Crippen LogP contribution in [0.15, 0.2) is 79.0 Å². The zero-order valence-corrected chi connectivity index (χ0v) is 32.6. The number of nitrogens with zero attached hydrogens (tertiary/aromatic N) is 6. The normalized spacial score (nSPS) is 20.7. The lowest BCUT2D eigenvalue weighted by Crippen LogP contribution is -2.52. The Balaban J connectivity index is 0.766. The molecular formula is C46H47FN8O3. The number of hydrogen-bond acceptors (Lipinski definition) is 8. The van der Waals surface area contributed by atoms with Gasteiger partial charge < -0.3 is 14.7 Å². The summed E-state index contributed by atoms with van der Waals surface area (Å²) in [5.74, 6) is -0.591. The lowest BCUT2D eigenvalue weighted by Gasteiger charge is -2.40. The molecule has 5 aromatic rings. The zero-order chi connectivity index (χ0) is 39.3. The highest BCUT2D eigenvalue weighted by molar-refractivity contribution is 6.06. The number of pyridine rings is 1. The molecule has 3 saturated heterocycles. The largest absolute Gasteiger partial charge is 0.370 e. The van der Waals surface area contributed by atoms with E-state index in [9.17, 15) is 14.4 Å². The fourth-order valence-electron chi connectivity index (χ4n) is 9.99. The highest BCUT2D eigenvalue weighted by Gasteiger charge is 2.39. The Kier molecular flexibility index (Phi) is 9.51. The number of allylic oxidation sites excluding steroid dienone is 1. The summed E-state index contributed by atoms with van der Waals surface area (Å²) in [5.41, 5.74) is 11.0. The average Bonchev–Trinajstić information content (AvgIpc) is 3.72. The summed E-state index contributed by atoms with van der Waals surface area (Å²) in [6, 6.07) is 24.4. The summed E-state index contributed by atoms with van der Waals surface area (Å²) in [6.45, 7) is 7.32. The average molecular weight is 779 g/mol. The van der Waals surface area contributed by atoms with Crippen LogP contribution < -0.4 is 15.1 Å². The van der Waals surface area contributed by atoms with Crippen molar-refractivity contribution in [2.24, 2.45) is 5.92 Å². The number of aryl methyl sites for hydroxylation is 1. The number of carbonyl (C=O) groups is 3. The minimum absolute atomic E-state index is 0.133. The molecule has 0 radical (unpaired) electrons. The number of anilines is 2. The number of halogens is 1. The number of benzene rings is 3. The van der Waals surface area contributed by atoms with E-state index in [1.54, 1.807) is 4.90 Å². The number of piperidine rings is 2. The van der Waals surface area contributed by atoms with Gasteiger partial charge >= 0.3 is 0 Å². The van der Waals surface area contributed by atoms with Crippen molar-refractivity contribution in [3.8, 4) is 0 Å². The summed E-state index contributed by atoms with van der Waals surface area (Å²) in [5, 5.41) is 9.73. The van der Waals surface area contributed by atoms with Gasteiger partial charge in [-0.2, -0.15) is 4.39 Å². The fourth-order valence-corrected chi connectivity index (χ4v) is 9.99. The second-order valence-electron chi connectivity index (χ2n) is 16.5. The van der Waals surface area contributed by atoms with Crippen molar-refractivity contribution in [1.82, 2.24) is 30.3 Å². The molecule has 2 aromatic heterocycles. The van der Waals surface area contributed by atoms with Gasteiger partial charge in [0.1, 0.15) is 6.04 Å². The standard InChI is InChI=1S/C46H47FN8O3/c47-44-43-36-8-4-7-34(30-5-2-1-3-6-30)42(37(36)12-14-39(43)50-51-44)38-13-10-33(26-48-38)53-19-17-29(18-20-53)27-52-21-23-54(24-22-52)32-9-11-35-31(25-32)28-55(46(35)58)40-15-16-41(56)49-45(40)57/h1-3,5-6,9-14,25-26,29,40H,4,7-8,15-24,27-28H2,(H,50,51)(H,49,56,57)/t40-/m0/s1. The maximum Gasteiger partial charge on any atom is 0.255 e. The number of amides is 3. The first-order chi connectivity index (χ1) is 28.4. The van der Waals surface area contributed by atoms with E-state index in [1.165, 1.54) is 11.1 Å². The van der Waals surface area contributed by atoms with Gasteiger partial charge in [-0.05, 0) is 109 Å². The lowest BCUT2D eigenvalue weighted by atomic mass is 9.89. The molecule has 2 N–H and O–H groups in total. The van der Waals surface area contributed by atoms with Crippen LogP contribution in [0.1, 0.15) is 76.8 Å². The van der Waals surface area contributed by atoms with Gasteiger partial charge in [0.05, 0.1) is 28.5 Å². The Labute approximate surface area is 336 Å². The number of fused-ring (bicyclic) bond motifs is 4. The number of carbonyl (C=O) groups excluding carboxylic acids is 3. The first-order valence-corrected chi connectivity index (χ1v) is 20.8. The Morgan fingerprint density at radius 3 is 2.33 bits per heavy atom. The van der Waals surface area contributed by atoms with Crippen LogP contribution in [0.5, 0.6) is 0 Å². The summed E-state index contributed by atoms with van der Waals surface area (Å²) < 4.78 is 15.0. The second-order valence-corrected chi connectivity index (χ2v) is 16.5. The van der Waals surface area contributed by atoms with Crippen molar-refractivity contribution in [2.45, 2.75) is 57.5 Å². The molecule has 10 rings (SSSR count). The molecule has 0 unspecified atom stereocenters. The maximum atomic E-state index is 15.0. The Hall–Kier alpha value is -5.88. The van der Waals surface area contributed by atoms with Crippen LogP contribution in [0.25, 0.3) is 22.0 Å². The van der Waals surface area contributed by atoms with Crippen molar-refractivity contribution in [1.29, 1.82) is 0 Å². The molecule has 4 aliphatic heterocycles. The van der Waals surface area contributed by atoms with Crippen molar-refractivity contribution >= 4 is 51.1 Å². The molecule has 1 atom stereocenters. The molecule has 0 spiro atoms. The summed E-state index contributed by atoms with van der Waals surface area (Å²) in [6.07, 6.45) is 7.48. The number of H-pyrrole nitrogens is 1. The molecule has 58 heavy (non-hydrogen) atoms. The molecule has 6 heterocycles. The van der Waals surface area contributed by atoms with Crippen molar-refractivity contribution in [3.63, 3.8) is 0 Å². The predicted molar refractivity (Wildman–Crippen MR) is 222 cm³/mol. The Bertz CT molecular complexity index is 2430. The van der Waals surface area contributed by atoms with Gasteiger partial charge in [0.25, 0.3) is 5.91 Å². The molecule has 0 bridgehead atoms. The van der Waals surface area contributed by atoms with Crippen molar-refractivity contribution in [2.75, 3.05) is 55.6 Å². The minimum Gasteiger partial charge on any atom is -0.370 e. The van der Waals surface area contributed by atoms with Gasteiger partial charge in [-0.3, -0.25) is 34.7 Å². The Morgan fingerprint density at radius 1 is 0.776 bits per heavy atom. The van der Waals surface area contributed by atoms with E-state index in [2.05, 4.69) is 78.7 Å². The molecule has 3 aromatic carbocycles. The zero-order valence-electron chi connectivity index (χ0n) is 32.6. The third-order valence-corrected chi connectivity index (χ3v) is 13.1. The topological polar surface area (TPSA) is 118 Å². The van der Waals surface area contributed by atoms with E-state index in [0.29, 0.717) is 29.8 Å². The SMILES string of the molecule is O=C1CC[C@H](N2Cc3cc(N4CCN(CC5CCN(c6ccc(C7=C(c8ccccc8)CCCc8c7ccc7[nH]nc(F)c87)nc6)CC5)CC4)ccc3C2=O)C(=O)N1. The van der Waals surface area contributed by atoms with Crippen LogP contribution >= 0.6 is 0 Å². The highest BCUT2D eigenvalue weighted by Crippen LogP contribution is 2.42. The third-order valence-electron chi connectivity index (χ3n) is 13.1. The van der Waals surface area contributed by atoms with Gasteiger partial charge in [-0.25, -0.2) is 0 Å². The van der Waals surface area contributed by atoms with Crippen LogP contribution in [-0.4, -0.2) is 94.6 Å². The van der Waals surface area contributed by atoms with Crippen LogP contribution in [0.2, 0.25) is 0 Å². The van der Waals surface area contributed by atoms with E-state index in [-0.39, 0.29) is 24.1 Å². The molecule has 11 nitrogen and oxygen atoms in total.